The van der Waals surface area contributed by atoms with Gasteiger partial charge in [0.15, 0.2) is 5.96 Å². The molecule has 122 valence electrons. The van der Waals surface area contributed by atoms with Gasteiger partial charge in [-0.15, -0.1) is 24.0 Å². The maximum absolute atomic E-state index is 6.16. The first kappa shape index (κ1) is 17.6. The monoisotopic (exact) mass is 413 g/mol. The van der Waals surface area contributed by atoms with Crippen molar-refractivity contribution in [3.63, 3.8) is 0 Å². The predicted octanol–water partition coefficient (Wildman–Crippen LogP) is 3.82. The average Bonchev–Trinajstić information content (AvgIpc) is 3.26. The SMILES string of the molecule is CN(C(N)=NCC1(Cc2ccccc2)CCCC1)C1CC1.I. The maximum atomic E-state index is 6.16. The number of nitrogens with two attached hydrogens (primary N) is 1. The Bertz CT molecular complexity index is 490. The quantitative estimate of drug-likeness (QED) is 0.453. The molecule has 0 aromatic heterocycles. The van der Waals surface area contributed by atoms with Crippen LogP contribution in [0.5, 0.6) is 0 Å². The van der Waals surface area contributed by atoms with Crippen LogP contribution in [-0.4, -0.2) is 30.5 Å². The van der Waals surface area contributed by atoms with Gasteiger partial charge >= 0.3 is 0 Å². The first-order chi connectivity index (χ1) is 10.2. The summed E-state index contributed by atoms with van der Waals surface area (Å²) in [6.45, 7) is 0.880. The highest BCUT2D eigenvalue weighted by Gasteiger charge is 2.34. The fraction of sp³-hybridized carbons (Fsp3) is 0.611. The molecule has 0 aliphatic heterocycles. The van der Waals surface area contributed by atoms with Crippen LogP contribution < -0.4 is 5.73 Å². The number of nitrogens with zero attached hydrogens (tertiary/aromatic N) is 2. The van der Waals surface area contributed by atoms with Gasteiger partial charge in [-0.05, 0) is 43.1 Å². The van der Waals surface area contributed by atoms with E-state index in [0.29, 0.717) is 11.5 Å². The van der Waals surface area contributed by atoms with Crippen molar-refractivity contribution in [2.45, 2.75) is 51.0 Å². The summed E-state index contributed by atoms with van der Waals surface area (Å²) in [6.07, 6.45) is 8.90. The van der Waals surface area contributed by atoms with Crippen molar-refractivity contribution in [1.29, 1.82) is 0 Å². The van der Waals surface area contributed by atoms with Crippen molar-refractivity contribution in [1.82, 2.24) is 4.90 Å². The highest BCUT2D eigenvalue weighted by Crippen LogP contribution is 2.41. The van der Waals surface area contributed by atoms with Crippen LogP contribution in [0.4, 0.5) is 0 Å². The standard InChI is InChI=1S/C18H27N3.HI/c1-21(16-9-10-16)17(19)20-14-18(11-5-6-12-18)13-15-7-3-2-4-8-15;/h2-4,7-8,16H,5-6,9-14H2,1H3,(H2,19,20);1H. The van der Waals surface area contributed by atoms with Crippen LogP contribution in [0.2, 0.25) is 0 Å². The predicted molar refractivity (Wildman–Crippen MR) is 104 cm³/mol. The number of guanidine groups is 1. The van der Waals surface area contributed by atoms with Crippen LogP contribution in [0.1, 0.15) is 44.1 Å². The van der Waals surface area contributed by atoms with Crippen molar-refractivity contribution in [2.24, 2.45) is 16.1 Å². The van der Waals surface area contributed by atoms with Crippen LogP contribution in [0.3, 0.4) is 0 Å². The molecule has 4 heteroatoms. The highest BCUT2D eigenvalue weighted by atomic mass is 127. The van der Waals surface area contributed by atoms with Crippen LogP contribution in [0, 0.1) is 5.41 Å². The Kier molecular flexibility index (Phi) is 6.12. The second kappa shape index (κ2) is 7.66. The molecule has 2 saturated carbocycles. The van der Waals surface area contributed by atoms with Crippen LogP contribution in [0.25, 0.3) is 0 Å². The summed E-state index contributed by atoms with van der Waals surface area (Å²) in [5, 5.41) is 0. The van der Waals surface area contributed by atoms with Crippen molar-refractivity contribution < 1.29 is 0 Å². The van der Waals surface area contributed by atoms with E-state index in [2.05, 4.69) is 42.3 Å². The van der Waals surface area contributed by atoms with Gasteiger partial charge in [0.1, 0.15) is 0 Å². The topological polar surface area (TPSA) is 41.6 Å². The highest BCUT2D eigenvalue weighted by molar-refractivity contribution is 14.0. The van der Waals surface area contributed by atoms with Gasteiger partial charge in [-0.3, -0.25) is 4.99 Å². The molecule has 0 unspecified atom stereocenters. The van der Waals surface area contributed by atoms with E-state index in [1.165, 1.54) is 44.1 Å². The zero-order valence-corrected chi connectivity index (χ0v) is 15.8. The largest absolute Gasteiger partial charge is 0.370 e. The zero-order chi connectivity index (χ0) is 14.7. The number of hydrogen-bond donors (Lipinski definition) is 1. The third kappa shape index (κ3) is 4.37. The molecule has 0 atom stereocenters. The van der Waals surface area contributed by atoms with Crippen molar-refractivity contribution in [3.05, 3.63) is 35.9 Å². The molecular weight excluding hydrogens is 385 g/mol. The number of halogens is 1. The van der Waals surface area contributed by atoms with Crippen molar-refractivity contribution in [2.75, 3.05) is 13.6 Å². The molecule has 3 rings (SSSR count). The van der Waals surface area contributed by atoms with Gasteiger partial charge in [-0.2, -0.15) is 0 Å². The van der Waals surface area contributed by atoms with E-state index in [-0.39, 0.29) is 24.0 Å². The molecule has 1 aromatic carbocycles. The molecule has 2 N–H and O–H groups in total. The fourth-order valence-corrected chi connectivity index (χ4v) is 3.55. The zero-order valence-electron chi connectivity index (χ0n) is 13.5. The lowest BCUT2D eigenvalue weighted by Crippen LogP contribution is -2.37. The second-order valence-electron chi connectivity index (χ2n) is 6.89. The van der Waals surface area contributed by atoms with Crippen LogP contribution in [0.15, 0.2) is 35.3 Å². The summed E-state index contributed by atoms with van der Waals surface area (Å²) in [4.78, 5) is 6.91. The van der Waals surface area contributed by atoms with E-state index in [9.17, 15) is 0 Å². The van der Waals surface area contributed by atoms with Gasteiger partial charge in [0.05, 0.1) is 0 Å². The van der Waals surface area contributed by atoms with Gasteiger partial charge in [-0.25, -0.2) is 0 Å². The summed E-state index contributed by atoms with van der Waals surface area (Å²) in [5.74, 6) is 0.733. The molecule has 2 aliphatic carbocycles. The number of hydrogen-bond acceptors (Lipinski definition) is 1. The summed E-state index contributed by atoms with van der Waals surface area (Å²) >= 11 is 0. The molecule has 0 saturated heterocycles. The minimum atomic E-state index is 0. The molecular formula is C18H28IN3. The fourth-order valence-electron chi connectivity index (χ4n) is 3.55. The molecule has 3 nitrogen and oxygen atoms in total. The molecule has 22 heavy (non-hydrogen) atoms. The third-order valence-corrected chi connectivity index (χ3v) is 5.12. The van der Waals surface area contributed by atoms with Gasteiger partial charge in [0.25, 0.3) is 0 Å². The van der Waals surface area contributed by atoms with E-state index in [4.69, 9.17) is 10.7 Å². The lowest BCUT2D eigenvalue weighted by molar-refractivity contribution is 0.305. The summed E-state index contributed by atoms with van der Waals surface area (Å²) < 4.78 is 0. The molecule has 2 aliphatic rings. The van der Waals surface area contributed by atoms with Crippen molar-refractivity contribution in [3.8, 4) is 0 Å². The minimum absolute atomic E-state index is 0. The molecule has 0 radical (unpaired) electrons. The molecule has 2 fully saturated rings. The minimum Gasteiger partial charge on any atom is -0.370 e. The Morgan fingerprint density at radius 3 is 2.45 bits per heavy atom. The lowest BCUT2D eigenvalue weighted by Gasteiger charge is -2.28. The summed E-state index contributed by atoms with van der Waals surface area (Å²) in [5.41, 5.74) is 7.93. The summed E-state index contributed by atoms with van der Waals surface area (Å²) in [6, 6.07) is 11.5. The lowest BCUT2D eigenvalue weighted by atomic mass is 9.80. The third-order valence-electron chi connectivity index (χ3n) is 5.12. The van der Waals surface area contributed by atoms with Gasteiger partial charge < -0.3 is 10.6 Å². The normalized spacial score (nSPS) is 20.5. The second-order valence-corrected chi connectivity index (χ2v) is 6.89. The molecule has 0 spiro atoms. The van der Waals surface area contributed by atoms with Gasteiger partial charge in [-0.1, -0.05) is 43.2 Å². The van der Waals surface area contributed by atoms with Gasteiger partial charge in [0.2, 0.25) is 0 Å². The molecule has 0 heterocycles. The Morgan fingerprint density at radius 2 is 1.86 bits per heavy atom. The Labute approximate surface area is 151 Å². The Hall–Kier alpha value is -0.780. The molecule has 1 aromatic rings. The Balaban J connectivity index is 0.00000176. The number of aliphatic imine (C=N–C) groups is 1. The van der Waals surface area contributed by atoms with Gasteiger partial charge in [0, 0.05) is 19.6 Å². The number of rotatable bonds is 5. The number of benzene rings is 1. The molecule has 0 bridgehead atoms. The first-order valence-electron chi connectivity index (χ1n) is 8.25. The van der Waals surface area contributed by atoms with E-state index in [1.807, 2.05) is 0 Å². The first-order valence-corrected chi connectivity index (χ1v) is 8.25. The van der Waals surface area contributed by atoms with E-state index in [0.717, 1.165) is 18.9 Å². The van der Waals surface area contributed by atoms with E-state index < -0.39 is 0 Å². The van der Waals surface area contributed by atoms with Crippen LogP contribution in [-0.2, 0) is 6.42 Å². The Morgan fingerprint density at radius 1 is 1.23 bits per heavy atom. The smallest absolute Gasteiger partial charge is 0.191 e. The van der Waals surface area contributed by atoms with E-state index >= 15 is 0 Å². The maximum Gasteiger partial charge on any atom is 0.191 e. The van der Waals surface area contributed by atoms with Crippen LogP contribution >= 0.6 is 24.0 Å². The summed E-state index contributed by atoms with van der Waals surface area (Å²) in [7, 11) is 2.08. The van der Waals surface area contributed by atoms with Crippen molar-refractivity contribution >= 4 is 29.9 Å². The molecule has 0 amide bonds. The van der Waals surface area contributed by atoms with E-state index in [1.54, 1.807) is 0 Å². The average molecular weight is 413 g/mol.